The van der Waals surface area contributed by atoms with E-state index in [-0.39, 0.29) is 24.1 Å². The molecule has 0 saturated heterocycles. The SMILES string of the molecule is CCCNC(=O)CC(=O)NCCc1ccccc1F. The quantitative estimate of drug-likeness (QED) is 0.733. The molecule has 2 N–H and O–H groups in total. The molecule has 0 aromatic heterocycles. The van der Waals surface area contributed by atoms with Crippen molar-refractivity contribution >= 4 is 11.8 Å². The molecule has 1 aromatic carbocycles. The molecule has 0 aliphatic heterocycles. The summed E-state index contributed by atoms with van der Waals surface area (Å²) < 4.78 is 13.3. The minimum atomic E-state index is -0.343. The average molecular weight is 266 g/mol. The van der Waals surface area contributed by atoms with Gasteiger partial charge in [0.2, 0.25) is 11.8 Å². The van der Waals surface area contributed by atoms with Gasteiger partial charge in [-0.15, -0.1) is 0 Å². The van der Waals surface area contributed by atoms with Gasteiger partial charge >= 0.3 is 0 Å². The normalized spacial score (nSPS) is 10.0. The van der Waals surface area contributed by atoms with E-state index < -0.39 is 0 Å². The maximum Gasteiger partial charge on any atom is 0.229 e. The van der Waals surface area contributed by atoms with E-state index in [0.29, 0.717) is 25.1 Å². The van der Waals surface area contributed by atoms with E-state index in [0.717, 1.165) is 6.42 Å². The molecular weight excluding hydrogens is 247 g/mol. The Labute approximate surface area is 112 Å². The molecule has 104 valence electrons. The van der Waals surface area contributed by atoms with E-state index in [9.17, 15) is 14.0 Å². The highest BCUT2D eigenvalue weighted by molar-refractivity contribution is 5.96. The van der Waals surface area contributed by atoms with Crippen molar-refractivity contribution in [1.29, 1.82) is 0 Å². The molecule has 19 heavy (non-hydrogen) atoms. The third kappa shape index (κ3) is 5.99. The lowest BCUT2D eigenvalue weighted by Crippen LogP contribution is -2.33. The van der Waals surface area contributed by atoms with Gasteiger partial charge in [-0.3, -0.25) is 9.59 Å². The molecule has 2 amide bonds. The van der Waals surface area contributed by atoms with Crippen LogP contribution >= 0.6 is 0 Å². The highest BCUT2D eigenvalue weighted by atomic mass is 19.1. The van der Waals surface area contributed by atoms with Crippen molar-refractivity contribution in [3.63, 3.8) is 0 Å². The molecular formula is C14H19FN2O2. The van der Waals surface area contributed by atoms with E-state index >= 15 is 0 Å². The third-order valence-corrected chi connectivity index (χ3v) is 2.57. The average Bonchev–Trinajstić information content (AvgIpc) is 2.38. The Morgan fingerprint density at radius 2 is 1.74 bits per heavy atom. The van der Waals surface area contributed by atoms with Crippen LogP contribution in [0.2, 0.25) is 0 Å². The number of benzene rings is 1. The predicted octanol–water partition coefficient (Wildman–Crippen LogP) is 1.40. The topological polar surface area (TPSA) is 58.2 Å². The largest absolute Gasteiger partial charge is 0.356 e. The first kappa shape index (κ1) is 15.1. The Hall–Kier alpha value is -1.91. The van der Waals surface area contributed by atoms with Crippen molar-refractivity contribution < 1.29 is 14.0 Å². The van der Waals surface area contributed by atoms with Gasteiger partial charge in [-0.2, -0.15) is 0 Å². The molecule has 0 radical (unpaired) electrons. The maximum absolute atomic E-state index is 13.3. The molecule has 0 atom stereocenters. The summed E-state index contributed by atoms with van der Waals surface area (Å²) in [6.07, 6.45) is 1.06. The monoisotopic (exact) mass is 266 g/mol. The number of halogens is 1. The highest BCUT2D eigenvalue weighted by Crippen LogP contribution is 2.06. The van der Waals surface area contributed by atoms with E-state index in [4.69, 9.17) is 0 Å². The molecule has 0 aliphatic rings. The van der Waals surface area contributed by atoms with Crippen LogP contribution in [0, 0.1) is 5.82 Å². The van der Waals surface area contributed by atoms with Crippen LogP contribution in [-0.4, -0.2) is 24.9 Å². The fourth-order valence-corrected chi connectivity index (χ4v) is 1.57. The van der Waals surface area contributed by atoms with Gasteiger partial charge in [0, 0.05) is 13.1 Å². The van der Waals surface area contributed by atoms with Crippen LogP contribution in [0.5, 0.6) is 0 Å². The van der Waals surface area contributed by atoms with Gasteiger partial charge < -0.3 is 10.6 Å². The number of carbonyl (C=O) groups is 2. The summed E-state index contributed by atoms with van der Waals surface area (Å²) in [5.41, 5.74) is 0.554. The van der Waals surface area contributed by atoms with Gasteiger partial charge in [-0.05, 0) is 24.5 Å². The van der Waals surface area contributed by atoms with Gasteiger partial charge in [0.25, 0.3) is 0 Å². The molecule has 0 saturated carbocycles. The van der Waals surface area contributed by atoms with E-state index in [1.165, 1.54) is 6.07 Å². The van der Waals surface area contributed by atoms with Crippen molar-refractivity contribution in [2.45, 2.75) is 26.2 Å². The van der Waals surface area contributed by atoms with E-state index in [1.807, 2.05) is 6.92 Å². The molecule has 0 spiro atoms. The summed E-state index contributed by atoms with van der Waals surface area (Å²) in [5.74, 6) is -0.910. The van der Waals surface area contributed by atoms with Crippen molar-refractivity contribution in [2.75, 3.05) is 13.1 Å². The molecule has 0 fully saturated rings. The summed E-state index contributed by atoms with van der Waals surface area (Å²) in [6.45, 7) is 2.83. The predicted molar refractivity (Wildman–Crippen MR) is 71.0 cm³/mol. The first-order valence-electron chi connectivity index (χ1n) is 6.40. The molecule has 0 aliphatic carbocycles. The summed E-state index contributed by atoms with van der Waals surface area (Å²) in [7, 11) is 0. The maximum atomic E-state index is 13.3. The number of nitrogens with one attached hydrogen (secondary N) is 2. The summed E-state index contributed by atoms with van der Waals surface area (Å²) in [6, 6.07) is 6.43. The number of hydrogen-bond donors (Lipinski definition) is 2. The van der Waals surface area contributed by atoms with Crippen LogP contribution in [0.15, 0.2) is 24.3 Å². The minimum Gasteiger partial charge on any atom is -0.356 e. The Bertz CT molecular complexity index is 435. The number of rotatable bonds is 7. The molecule has 0 unspecified atom stereocenters. The van der Waals surface area contributed by atoms with E-state index in [1.54, 1.807) is 18.2 Å². The summed E-state index contributed by atoms with van der Waals surface area (Å²) in [5, 5.41) is 5.22. The van der Waals surface area contributed by atoms with Gasteiger partial charge in [0.1, 0.15) is 12.2 Å². The lowest BCUT2D eigenvalue weighted by Gasteiger charge is -2.06. The Morgan fingerprint density at radius 3 is 2.37 bits per heavy atom. The molecule has 4 nitrogen and oxygen atoms in total. The number of carbonyl (C=O) groups excluding carboxylic acids is 2. The molecule has 0 bridgehead atoms. The van der Waals surface area contributed by atoms with Crippen molar-refractivity contribution in [1.82, 2.24) is 10.6 Å². The first-order chi connectivity index (χ1) is 9.13. The zero-order chi connectivity index (χ0) is 14.1. The standard InChI is InChI=1S/C14H19FN2O2/c1-2-8-16-13(18)10-14(19)17-9-7-11-5-3-4-6-12(11)15/h3-6H,2,7-10H2,1H3,(H,16,18)(H,17,19). The fraction of sp³-hybridized carbons (Fsp3) is 0.429. The number of hydrogen-bond acceptors (Lipinski definition) is 2. The number of amides is 2. The van der Waals surface area contributed by atoms with Gasteiger partial charge in [0.05, 0.1) is 0 Å². The molecule has 0 heterocycles. The Balaban J connectivity index is 2.24. The fourth-order valence-electron chi connectivity index (χ4n) is 1.57. The first-order valence-corrected chi connectivity index (χ1v) is 6.40. The molecule has 1 rings (SSSR count). The Kier molecular flexibility index (Phi) is 6.57. The summed E-state index contributed by atoms with van der Waals surface area (Å²) >= 11 is 0. The van der Waals surface area contributed by atoms with Gasteiger partial charge in [-0.25, -0.2) is 4.39 Å². The second-order valence-corrected chi connectivity index (χ2v) is 4.22. The van der Waals surface area contributed by atoms with Crippen molar-refractivity contribution in [3.8, 4) is 0 Å². The zero-order valence-corrected chi connectivity index (χ0v) is 11.0. The van der Waals surface area contributed by atoms with E-state index in [2.05, 4.69) is 10.6 Å². The van der Waals surface area contributed by atoms with Crippen molar-refractivity contribution in [2.24, 2.45) is 0 Å². The van der Waals surface area contributed by atoms with Crippen LogP contribution in [-0.2, 0) is 16.0 Å². The summed E-state index contributed by atoms with van der Waals surface area (Å²) in [4.78, 5) is 22.7. The van der Waals surface area contributed by atoms with Crippen LogP contribution in [0.4, 0.5) is 4.39 Å². The molecule has 1 aromatic rings. The minimum absolute atomic E-state index is 0.183. The van der Waals surface area contributed by atoms with Gasteiger partial charge in [0.15, 0.2) is 0 Å². The third-order valence-electron chi connectivity index (χ3n) is 2.57. The van der Waals surface area contributed by atoms with Crippen LogP contribution in [0.3, 0.4) is 0 Å². The highest BCUT2D eigenvalue weighted by Gasteiger charge is 2.08. The zero-order valence-electron chi connectivity index (χ0n) is 11.0. The van der Waals surface area contributed by atoms with Crippen LogP contribution < -0.4 is 10.6 Å². The second kappa shape index (κ2) is 8.24. The lowest BCUT2D eigenvalue weighted by atomic mass is 10.1. The Morgan fingerprint density at radius 1 is 1.11 bits per heavy atom. The van der Waals surface area contributed by atoms with Gasteiger partial charge in [-0.1, -0.05) is 25.1 Å². The molecule has 5 heteroatoms. The smallest absolute Gasteiger partial charge is 0.229 e. The lowest BCUT2D eigenvalue weighted by molar-refractivity contribution is -0.129. The second-order valence-electron chi connectivity index (χ2n) is 4.22. The van der Waals surface area contributed by atoms with Crippen LogP contribution in [0.1, 0.15) is 25.3 Å². The van der Waals surface area contributed by atoms with Crippen LogP contribution in [0.25, 0.3) is 0 Å². The van der Waals surface area contributed by atoms with Crippen molar-refractivity contribution in [3.05, 3.63) is 35.6 Å².